The molecule has 0 spiro atoms. The SMILES string of the molecule is CN(CCNC(=O)c1cccc([C@H]2CCCNC2)c1)c1ccccc1. The molecule has 0 aromatic heterocycles. The number of hydrogen-bond acceptors (Lipinski definition) is 3. The predicted molar refractivity (Wildman–Crippen MR) is 103 cm³/mol. The van der Waals surface area contributed by atoms with Crippen molar-refractivity contribution < 1.29 is 4.79 Å². The second-order valence-corrected chi connectivity index (χ2v) is 6.68. The van der Waals surface area contributed by atoms with Crippen LogP contribution < -0.4 is 15.5 Å². The Morgan fingerprint density at radius 3 is 2.80 bits per heavy atom. The molecule has 1 heterocycles. The van der Waals surface area contributed by atoms with Crippen LogP contribution in [0.5, 0.6) is 0 Å². The zero-order valence-corrected chi connectivity index (χ0v) is 14.9. The molecule has 3 rings (SSSR count). The Bertz CT molecular complexity index is 681. The van der Waals surface area contributed by atoms with Gasteiger partial charge in [0.1, 0.15) is 0 Å². The molecule has 4 heteroatoms. The molecule has 1 aliphatic heterocycles. The van der Waals surface area contributed by atoms with Crippen molar-refractivity contribution in [3.8, 4) is 0 Å². The molecule has 0 unspecified atom stereocenters. The minimum atomic E-state index is 0.00656. The van der Waals surface area contributed by atoms with Gasteiger partial charge in [-0.05, 0) is 55.1 Å². The van der Waals surface area contributed by atoms with Crippen molar-refractivity contribution in [1.29, 1.82) is 0 Å². The molecule has 0 bridgehead atoms. The van der Waals surface area contributed by atoms with Crippen LogP contribution in [0.15, 0.2) is 54.6 Å². The normalized spacial score (nSPS) is 17.1. The van der Waals surface area contributed by atoms with E-state index in [1.807, 2.05) is 43.4 Å². The van der Waals surface area contributed by atoms with Gasteiger partial charge in [0.25, 0.3) is 5.91 Å². The molecule has 2 aromatic carbocycles. The summed E-state index contributed by atoms with van der Waals surface area (Å²) in [6.45, 7) is 3.51. The monoisotopic (exact) mass is 337 g/mol. The van der Waals surface area contributed by atoms with Crippen LogP contribution in [0.1, 0.15) is 34.7 Å². The van der Waals surface area contributed by atoms with Crippen LogP contribution in [-0.4, -0.2) is 39.1 Å². The molecule has 1 saturated heterocycles. The molecule has 0 radical (unpaired) electrons. The van der Waals surface area contributed by atoms with E-state index in [1.54, 1.807) is 0 Å². The summed E-state index contributed by atoms with van der Waals surface area (Å²) in [6.07, 6.45) is 2.40. The third-order valence-electron chi connectivity index (χ3n) is 4.85. The zero-order valence-electron chi connectivity index (χ0n) is 14.9. The lowest BCUT2D eigenvalue weighted by Crippen LogP contribution is -2.33. The van der Waals surface area contributed by atoms with Crippen LogP contribution in [-0.2, 0) is 0 Å². The number of nitrogens with one attached hydrogen (secondary N) is 2. The summed E-state index contributed by atoms with van der Waals surface area (Å²) in [5.74, 6) is 0.526. The molecule has 0 aliphatic carbocycles. The van der Waals surface area contributed by atoms with E-state index in [2.05, 4.69) is 33.7 Å². The number of hydrogen-bond donors (Lipinski definition) is 2. The summed E-state index contributed by atoms with van der Waals surface area (Å²) < 4.78 is 0. The molecule has 1 atom stereocenters. The van der Waals surface area contributed by atoms with Gasteiger partial charge in [-0.25, -0.2) is 0 Å². The van der Waals surface area contributed by atoms with Crippen molar-refractivity contribution in [3.63, 3.8) is 0 Å². The van der Waals surface area contributed by atoms with Crippen molar-refractivity contribution in [2.75, 3.05) is 38.1 Å². The van der Waals surface area contributed by atoms with Crippen molar-refractivity contribution in [2.45, 2.75) is 18.8 Å². The number of carbonyl (C=O) groups is 1. The molecule has 25 heavy (non-hydrogen) atoms. The third-order valence-corrected chi connectivity index (χ3v) is 4.85. The number of benzene rings is 2. The van der Waals surface area contributed by atoms with Gasteiger partial charge < -0.3 is 15.5 Å². The maximum absolute atomic E-state index is 12.5. The molecule has 2 N–H and O–H groups in total. The molecule has 4 nitrogen and oxygen atoms in total. The second-order valence-electron chi connectivity index (χ2n) is 6.68. The van der Waals surface area contributed by atoms with E-state index in [0.717, 1.165) is 30.9 Å². The highest BCUT2D eigenvalue weighted by Crippen LogP contribution is 2.23. The van der Waals surface area contributed by atoms with Gasteiger partial charge in [-0.2, -0.15) is 0 Å². The summed E-state index contributed by atoms with van der Waals surface area (Å²) in [7, 11) is 2.04. The van der Waals surface area contributed by atoms with E-state index in [0.29, 0.717) is 12.5 Å². The summed E-state index contributed by atoms with van der Waals surface area (Å²) in [4.78, 5) is 14.6. The number of nitrogens with zero attached hydrogens (tertiary/aromatic N) is 1. The van der Waals surface area contributed by atoms with Crippen LogP contribution >= 0.6 is 0 Å². The lowest BCUT2D eigenvalue weighted by Gasteiger charge is -2.23. The standard InChI is InChI=1S/C21H27N3O/c1-24(20-10-3-2-4-11-20)14-13-23-21(25)18-8-5-7-17(15-18)19-9-6-12-22-16-19/h2-5,7-8,10-11,15,19,22H,6,9,12-14,16H2,1H3,(H,23,25)/t19-/m0/s1. The average Bonchev–Trinajstić information content (AvgIpc) is 2.69. The minimum Gasteiger partial charge on any atom is -0.373 e. The van der Waals surface area contributed by atoms with Crippen LogP contribution in [0.2, 0.25) is 0 Å². The molecule has 2 aromatic rings. The van der Waals surface area contributed by atoms with Gasteiger partial charge in [0, 0.05) is 37.9 Å². The van der Waals surface area contributed by atoms with Crippen molar-refractivity contribution >= 4 is 11.6 Å². The van der Waals surface area contributed by atoms with Gasteiger partial charge in [-0.3, -0.25) is 4.79 Å². The third kappa shape index (κ3) is 4.83. The van der Waals surface area contributed by atoms with Gasteiger partial charge in [0.15, 0.2) is 0 Å². The maximum Gasteiger partial charge on any atom is 0.251 e. The van der Waals surface area contributed by atoms with Crippen LogP contribution in [0.4, 0.5) is 5.69 Å². The molecule has 132 valence electrons. The van der Waals surface area contributed by atoms with Gasteiger partial charge in [-0.15, -0.1) is 0 Å². The summed E-state index contributed by atoms with van der Waals surface area (Å²) >= 11 is 0. The van der Waals surface area contributed by atoms with Crippen molar-refractivity contribution in [3.05, 3.63) is 65.7 Å². The van der Waals surface area contributed by atoms with Crippen LogP contribution in [0.3, 0.4) is 0 Å². The highest BCUT2D eigenvalue weighted by Gasteiger charge is 2.16. The Kier molecular flexibility index (Phi) is 6.07. The molecule has 1 amide bonds. The topological polar surface area (TPSA) is 44.4 Å². The number of rotatable bonds is 6. The Balaban J connectivity index is 1.53. The Morgan fingerprint density at radius 1 is 1.20 bits per heavy atom. The minimum absolute atomic E-state index is 0.00656. The largest absolute Gasteiger partial charge is 0.373 e. The Hall–Kier alpha value is -2.33. The lowest BCUT2D eigenvalue weighted by molar-refractivity contribution is 0.0954. The summed E-state index contributed by atoms with van der Waals surface area (Å²) in [5.41, 5.74) is 3.18. The van der Waals surface area contributed by atoms with Gasteiger partial charge >= 0.3 is 0 Å². The fourth-order valence-corrected chi connectivity index (χ4v) is 3.32. The first-order valence-electron chi connectivity index (χ1n) is 9.09. The van der Waals surface area contributed by atoms with E-state index >= 15 is 0 Å². The zero-order chi connectivity index (χ0) is 17.5. The Labute approximate surface area is 150 Å². The first-order chi connectivity index (χ1) is 12.2. The van der Waals surface area contributed by atoms with Crippen LogP contribution in [0, 0.1) is 0 Å². The smallest absolute Gasteiger partial charge is 0.251 e. The number of para-hydroxylation sites is 1. The van der Waals surface area contributed by atoms with E-state index in [4.69, 9.17) is 0 Å². The van der Waals surface area contributed by atoms with Gasteiger partial charge in [0.2, 0.25) is 0 Å². The Morgan fingerprint density at radius 2 is 2.04 bits per heavy atom. The highest BCUT2D eigenvalue weighted by atomic mass is 16.1. The number of amides is 1. The maximum atomic E-state index is 12.5. The van der Waals surface area contributed by atoms with Crippen molar-refractivity contribution in [1.82, 2.24) is 10.6 Å². The molecule has 1 fully saturated rings. The molecular weight excluding hydrogens is 310 g/mol. The summed E-state index contributed by atoms with van der Waals surface area (Å²) in [5, 5.41) is 6.47. The van der Waals surface area contributed by atoms with Gasteiger partial charge in [-0.1, -0.05) is 30.3 Å². The first kappa shape index (κ1) is 17.5. The summed E-state index contributed by atoms with van der Waals surface area (Å²) in [6, 6.07) is 18.3. The average molecular weight is 337 g/mol. The van der Waals surface area contributed by atoms with Gasteiger partial charge in [0.05, 0.1) is 0 Å². The fraction of sp³-hybridized carbons (Fsp3) is 0.381. The van der Waals surface area contributed by atoms with E-state index in [-0.39, 0.29) is 5.91 Å². The number of likely N-dealkylation sites (N-methyl/N-ethyl adjacent to an activating group) is 1. The quantitative estimate of drug-likeness (QED) is 0.852. The highest BCUT2D eigenvalue weighted by molar-refractivity contribution is 5.94. The molecule has 1 aliphatic rings. The second kappa shape index (κ2) is 8.67. The predicted octanol–water partition coefficient (Wildman–Crippen LogP) is 3.02. The van der Waals surface area contributed by atoms with E-state index in [9.17, 15) is 4.79 Å². The first-order valence-corrected chi connectivity index (χ1v) is 9.09. The number of carbonyl (C=O) groups excluding carboxylic acids is 1. The molecule has 0 saturated carbocycles. The van der Waals surface area contributed by atoms with E-state index < -0.39 is 0 Å². The lowest BCUT2D eigenvalue weighted by atomic mass is 9.90. The van der Waals surface area contributed by atoms with E-state index in [1.165, 1.54) is 18.4 Å². The molecular formula is C21H27N3O. The number of anilines is 1. The fourth-order valence-electron chi connectivity index (χ4n) is 3.32. The van der Waals surface area contributed by atoms with Crippen LogP contribution in [0.25, 0.3) is 0 Å². The number of piperidine rings is 1. The van der Waals surface area contributed by atoms with Crippen molar-refractivity contribution in [2.24, 2.45) is 0 Å².